The number of rotatable bonds is 5. The van der Waals surface area contributed by atoms with E-state index in [-0.39, 0.29) is 23.3 Å². The van der Waals surface area contributed by atoms with Gasteiger partial charge in [0.25, 0.3) is 5.56 Å². The molecule has 1 aliphatic rings. The zero-order valence-electron chi connectivity index (χ0n) is 14.4. The number of fused-ring (bicyclic) bond motifs is 1. The third-order valence-corrected chi connectivity index (χ3v) is 5.64. The molecular formula is C18H18ClN5O2S. The van der Waals surface area contributed by atoms with Crippen molar-refractivity contribution in [1.82, 2.24) is 25.1 Å². The lowest BCUT2D eigenvalue weighted by atomic mass is 10.2. The van der Waals surface area contributed by atoms with Gasteiger partial charge in [-0.25, -0.2) is 9.67 Å². The van der Waals surface area contributed by atoms with Gasteiger partial charge in [0.2, 0.25) is 5.91 Å². The van der Waals surface area contributed by atoms with E-state index in [2.05, 4.69) is 20.4 Å². The quantitative estimate of drug-likeness (QED) is 0.504. The molecule has 0 saturated heterocycles. The zero-order valence-corrected chi connectivity index (χ0v) is 16.0. The number of nitrogens with zero attached hydrogens (tertiary/aromatic N) is 3. The highest BCUT2D eigenvalue weighted by Crippen LogP contribution is 2.21. The van der Waals surface area contributed by atoms with E-state index in [0.717, 1.165) is 25.7 Å². The number of carbonyl (C=O) groups is 1. The van der Waals surface area contributed by atoms with Crippen LogP contribution < -0.4 is 10.9 Å². The van der Waals surface area contributed by atoms with E-state index in [0.29, 0.717) is 26.9 Å². The molecule has 1 amide bonds. The lowest BCUT2D eigenvalue weighted by molar-refractivity contribution is -0.119. The molecule has 140 valence electrons. The summed E-state index contributed by atoms with van der Waals surface area (Å²) < 4.78 is 1.57. The van der Waals surface area contributed by atoms with E-state index >= 15 is 0 Å². The average Bonchev–Trinajstić information content (AvgIpc) is 3.30. The van der Waals surface area contributed by atoms with Gasteiger partial charge in [0, 0.05) is 11.1 Å². The van der Waals surface area contributed by atoms with E-state index < -0.39 is 0 Å². The molecule has 0 bridgehead atoms. The van der Waals surface area contributed by atoms with Crippen molar-refractivity contribution in [3.8, 4) is 5.69 Å². The maximum Gasteiger partial charge on any atom is 0.262 e. The predicted molar refractivity (Wildman–Crippen MR) is 106 cm³/mol. The van der Waals surface area contributed by atoms with E-state index in [4.69, 9.17) is 11.6 Å². The molecule has 1 saturated carbocycles. The molecule has 2 heterocycles. The van der Waals surface area contributed by atoms with Crippen molar-refractivity contribution in [2.45, 2.75) is 36.9 Å². The first-order chi connectivity index (χ1) is 13.1. The number of amides is 1. The average molecular weight is 404 g/mol. The summed E-state index contributed by atoms with van der Waals surface area (Å²) in [7, 11) is 0. The second-order valence-electron chi connectivity index (χ2n) is 6.48. The molecule has 2 N–H and O–H groups in total. The first-order valence-electron chi connectivity index (χ1n) is 8.76. The highest BCUT2D eigenvalue weighted by atomic mass is 35.5. The monoisotopic (exact) mass is 403 g/mol. The molecule has 7 nitrogen and oxygen atoms in total. The van der Waals surface area contributed by atoms with Crippen LogP contribution in [0.2, 0.25) is 5.02 Å². The maximum atomic E-state index is 12.3. The highest BCUT2D eigenvalue weighted by Gasteiger charge is 2.18. The van der Waals surface area contributed by atoms with E-state index in [1.54, 1.807) is 22.9 Å². The first-order valence-corrected chi connectivity index (χ1v) is 10.1. The Balaban J connectivity index is 1.56. The van der Waals surface area contributed by atoms with Crippen LogP contribution in [0.15, 0.2) is 40.4 Å². The third-order valence-electron chi connectivity index (χ3n) is 4.53. The summed E-state index contributed by atoms with van der Waals surface area (Å²) in [6.45, 7) is 0. The molecule has 0 spiro atoms. The number of nitrogens with one attached hydrogen (secondary N) is 2. The standard InChI is InChI=1S/C18H18ClN5O2S/c19-11-4-3-7-13(8-11)24-16-14(9-20-24)17(26)23-18(22-16)27-10-15(25)21-12-5-1-2-6-12/h3-4,7-9,12H,1-2,5-6,10H2,(H,21,25)(H,22,23,26). The molecule has 9 heteroatoms. The minimum atomic E-state index is -0.285. The Morgan fingerprint density at radius 2 is 2.19 bits per heavy atom. The lowest BCUT2D eigenvalue weighted by Crippen LogP contribution is -2.33. The molecule has 2 aromatic heterocycles. The van der Waals surface area contributed by atoms with Crippen molar-refractivity contribution in [1.29, 1.82) is 0 Å². The molecule has 0 radical (unpaired) electrons. The van der Waals surface area contributed by atoms with Gasteiger partial charge in [-0.1, -0.05) is 42.3 Å². The molecule has 1 aliphatic carbocycles. The Morgan fingerprint density at radius 3 is 2.96 bits per heavy atom. The van der Waals surface area contributed by atoms with Crippen molar-refractivity contribution in [2.24, 2.45) is 0 Å². The topological polar surface area (TPSA) is 92.7 Å². The second kappa shape index (κ2) is 7.74. The Labute approximate surface area is 164 Å². The van der Waals surface area contributed by atoms with Crippen LogP contribution >= 0.6 is 23.4 Å². The largest absolute Gasteiger partial charge is 0.353 e. The number of benzene rings is 1. The number of hydrogen-bond acceptors (Lipinski definition) is 5. The smallest absolute Gasteiger partial charge is 0.262 e. The molecule has 0 atom stereocenters. The molecule has 1 aromatic carbocycles. The number of halogens is 1. The van der Waals surface area contributed by atoms with Gasteiger partial charge in [0.15, 0.2) is 10.8 Å². The Kier molecular flexibility index (Phi) is 5.18. The van der Waals surface area contributed by atoms with Crippen LogP contribution in [0.3, 0.4) is 0 Å². The summed E-state index contributed by atoms with van der Waals surface area (Å²) in [6, 6.07) is 7.43. The van der Waals surface area contributed by atoms with Gasteiger partial charge in [0.05, 0.1) is 17.6 Å². The first kappa shape index (κ1) is 18.1. The maximum absolute atomic E-state index is 12.3. The summed E-state index contributed by atoms with van der Waals surface area (Å²) in [5, 5.41) is 8.63. The number of thioether (sulfide) groups is 1. The molecule has 0 aliphatic heterocycles. The zero-order chi connectivity index (χ0) is 18.8. The number of aromatic amines is 1. The van der Waals surface area contributed by atoms with Gasteiger partial charge in [-0.3, -0.25) is 9.59 Å². The normalized spacial score (nSPS) is 14.7. The fourth-order valence-electron chi connectivity index (χ4n) is 3.24. The van der Waals surface area contributed by atoms with Crippen molar-refractivity contribution >= 4 is 40.3 Å². The number of carbonyl (C=O) groups excluding carboxylic acids is 1. The minimum Gasteiger partial charge on any atom is -0.353 e. The molecule has 27 heavy (non-hydrogen) atoms. The van der Waals surface area contributed by atoms with Crippen LogP contribution in [0.5, 0.6) is 0 Å². The van der Waals surface area contributed by atoms with E-state index in [1.807, 2.05) is 6.07 Å². The van der Waals surface area contributed by atoms with Crippen molar-refractivity contribution in [2.75, 3.05) is 5.75 Å². The van der Waals surface area contributed by atoms with Gasteiger partial charge in [-0.05, 0) is 31.0 Å². The summed E-state index contributed by atoms with van der Waals surface area (Å²) in [5.41, 5.74) is 0.859. The Hall–Kier alpha value is -2.32. The molecule has 3 aromatic rings. The van der Waals surface area contributed by atoms with Gasteiger partial charge >= 0.3 is 0 Å². The van der Waals surface area contributed by atoms with E-state index in [9.17, 15) is 9.59 Å². The summed E-state index contributed by atoms with van der Waals surface area (Å²) in [5.74, 6) is 0.161. The van der Waals surface area contributed by atoms with Crippen LogP contribution in [0.4, 0.5) is 0 Å². The third kappa shape index (κ3) is 4.01. The van der Waals surface area contributed by atoms with Crippen molar-refractivity contribution in [3.05, 3.63) is 45.8 Å². The highest BCUT2D eigenvalue weighted by molar-refractivity contribution is 7.99. The molecular weight excluding hydrogens is 386 g/mol. The lowest BCUT2D eigenvalue weighted by Gasteiger charge is -2.11. The van der Waals surface area contributed by atoms with Crippen LogP contribution in [0, 0.1) is 0 Å². The van der Waals surface area contributed by atoms with Crippen LogP contribution in [0.25, 0.3) is 16.7 Å². The number of aromatic nitrogens is 4. The van der Waals surface area contributed by atoms with Crippen LogP contribution in [0.1, 0.15) is 25.7 Å². The fraction of sp³-hybridized carbons (Fsp3) is 0.333. The van der Waals surface area contributed by atoms with Crippen LogP contribution in [-0.2, 0) is 4.79 Å². The minimum absolute atomic E-state index is 0.0435. The Bertz CT molecular complexity index is 1040. The fourth-order valence-corrected chi connectivity index (χ4v) is 4.09. The summed E-state index contributed by atoms with van der Waals surface area (Å²) in [6.07, 6.45) is 5.88. The molecule has 1 fully saturated rings. The SMILES string of the molecule is O=C(CSc1nc2c(cnn2-c2cccc(Cl)c2)c(=O)[nH]1)NC1CCCC1. The van der Waals surface area contributed by atoms with Gasteiger partial charge in [-0.2, -0.15) is 5.10 Å². The summed E-state index contributed by atoms with van der Waals surface area (Å²) in [4.78, 5) is 31.7. The van der Waals surface area contributed by atoms with Crippen molar-refractivity contribution < 1.29 is 4.79 Å². The van der Waals surface area contributed by atoms with Crippen molar-refractivity contribution in [3.63, 3.8) is 0 Å². The summed E-state index contributed by atoms with van der Waals surface area (Å²) >= 11 is 7.26. The predicted octanol–water partition coefficient (Wildman–Crippen LogP) is 2.91. The van der Waals surface area contributed by atoms with Crippen LogP contribution in [-0.4, -0.2) is 37.5 Å². The molecule has 0 unspecified atom stereocenters. The number of H-pyrrole nitrogens is 1. The molecule has 4 rings (SSSR count). The van der Waals surface area contributed by atoms with Gasteiger partial charge < -0.3 is 10.3 Å². The van der Waals surface area contributed by atoms with Gasteiger partial charge in [0.1, 0.15) is 5.39 Å². The number of hydrogen-bond donors (Lipinski definition) is 2. The Morgan fingerprint density at radius 1 is 1.37 bits per heavy atom. The second-order valence-corrected chi connectivity index (χ2v) is 7.88. The van der Waals surface area contributed by atoms with E-state index in [1.165, 1.54) is 18.0 Å². The van der Waals surface area contributed by atoms with Gasteiger partial charge in [-0.15, -0.1) is 0 Å².